The first kappa shape index (κ1) is 10.3. The zero-order valence-corrected chi connectivity index (χ0v) is 9.22. The fourth-order valence-electron chi connectivity index (χ4n) is 2.10. The molecule has 0 aliphatic rings. The van der Waals surface area contributed by atoms with Crippen molar-refractivity contribution < 1.29 is 5.11 Å². The Kier molecular flexibility index (Phi) is 2.31. The van der Waals surface area contributed by atoms with Gasteiger partial charge in [0.2, 0.25) is 0 Å². The Balaban J connectivity index is 2.30. The van der Waals surface area contributed by atoms with E-state index in [0.29, 0.717) is 0 Å². The average Bonchev–Trinajstić information content (AvgIpc) is 2.75. The molecule has 86 valence electrons. The topological polar surface area (TPSA) is 74.9 Å². The maximum absolute atomic E-state index is 9.75. The minimum absolute atomic E-state index is 0.228. The summed E-state index contributed by atoms with van der Waals surface area (Å²) in [5, 5.41) is 11.9. The molecule has 1 aromatic carbocycles. The van der Waals surface area contributed by atoms with Gasteiger partial charge in [-0.05, 0) is 23.8 Å². The maximum Gasteiger partial charge on any atom is 0.0912 e. The second-order valence-electron chi connectivity index (χ2n) is 4.10. The third-order valence-electron chi connectivity index (χ3n) is 3.03. The molecule has 2 aromatic heterocycles. The van der Waals surface area contributed by atoms with Gasteiger partial charge < -0.3 is 15.8 Å². The summed E-state index contributed by atoms with van der Waals surface area (Å²) in [4.78, 5) is 7.43. The molecule has 0 saturated carbocycles. The molecule has 0 bridgehead atoms. The molecule has 4 nitrogen and oxygen atoms in total. The number of hydrogen-bond acceptors (Lipinski definition) is 3. The van der Waals surface area contributed by atoms with Crippen LogP contribution >= 0.6 is 0 Å². The normalized spacial score (nSPS) is 13.3. The zero-order valence-electron chi connectivity index (χ0n) is 9.22. The first-order valence-corrected chi connectivity index (χ1v) is 5.53. The molecule has 0 aliphatic carbocycles. The van der Waals surface area contributed by atoms with Crippen molar-refractivity contribution >= 4 is 21.8 Å². The molecule has 0 amide bonds. The molecule has 4 N–H and O–H groups in total. The number of fused-ring (bicyclic) bond motifs is 3. The van der Waals surface area contributed by atoms with Gasteiger partial charge in [-0.2, -0.15) is 0 Å². The maximum atomic E-state index is 9.75. The fourth-order valence-corrected chi connectivity index (χ4v) is 2.10. The molecule has 4 heteroatoms. The summed E-state index contributed by atoms with van der Waals surface area (Å²) >= 11 is 0. The van der Waals surface area contributed by atoms with Crippen molar-refractivity contribution in [3.05, 3.63) is 42.2 Å². The average molecular weight is 227 g/mol. The van der Waals surface area contributed by atoms with E-state index in [4.69, 9.17) is 5.73 Å². The van der Waals surface area contributed by atoms with Gasteiger partial charge in [0, 0.05) is 40.7 Å². The molecule has 0 spiro atoms. The summed E-state index contributed by atoms with van der Waals surface area (Å²) in [6.45, 7) is 0.228. The van der Waals surface area contributed by atoms with Gasteiger partial charge >= 0.3 is 0 Å². The minimum Gasteiger partial charge on any atom is -0.387 e. The van der Waals surface area contributed by atoms with E-state index >= 15 is 0 Å². The number of aromatic nitrogens is 2. The van der Waals surface area contributed by atoms with Gasteiger partial charge in [-0.3, -0.25) is 4.98 Å². The van der Waals surface area contributed by atoms with Gasteiger partial charge in [-0.1, -0.05) is 6.07 Å². The Bertz CT molecular complexity index is 675. The van der Waals surface area contributed by atoms with Crippen LogP contribution in [0, 0.1) is 0 Å². The molecule has 2 heterocycles. The van der Waals surface area contributed by atoms with Crippen molar-refractivity contribution in [1.82, 2.24) is 9.97 Å². The fraction of sp³-hybridized carbons (Fsp3) is 0.154. The molecule has 1 unspecified atom stereocenters. The van der Waals surface area contributed by atoms with Crippen LogP contribution in [0.3, 0.4) is 0 Å². The summed E-state index contributed by atoms with van der Waals surface area (Å²) < 4.78 is 0. The quantitative estimate of drug-likeness (QED) is 0.624. The largest absolute Gasteiger partial charge is 0.387 e. The van der Waals surface area contributed by atoms with Gasteiger partial charge in [-0.15, -0.1) is 0 Å². The molecule has 17 heavy (non-hydrogen) atoms. The van der Waals surface area contributed by atoms with E-state index in [1.165, 1.54) is 0 Å². The Morgan fingerprint density at radius 1 is 1.24 bits per heavy atom. The molecular weight excluding hydrogens is 214 g/mol. The number of aliphatic hydroxyl groups excluding tert-OH is 1. The SMILES string of the molecule is NCC(O)c1ccc2[nH]c3ccncc3c2c1. The molecule has 1 atom stereocenters. The highest BCUT2D eigenvalue weighted by Gasteiger charge is 2.09. The lowest BCUT2D eigenvalue weighted by molar-refractivity contribution is 0.187. The highest BCUT2D eigenvalue weighted by atomic mass is 16.3. The summed E-state index contributed by atoms with van der Waals surface area (Å²) in [6, 6.07) is 7.76. The number of rotatable bonds is 2. The van der Waals surface area contributed by atoms with Crippen LogP contribution in [0.2, 0.25) is 0 Å². The van der Waals surface area contributed by atoms with Crippen LogP contribution in [0.5, 0.6) is 0 Å². The third-order valence-corrected chi connectivity index (χ3v) is 3.03. The molecule has 0 fully saturated rings. The Labute approximate surface area is 98.1 Å². The number of H-pyrrole nitrogens is 1. The molecule has 3 rings (SSSR count). The third kappa shape index (κ3) is 1.58. The number of aromatic amines is 1. The van der Waals surface area contributed by atoms with Crippen LogP contribution in [0.1, 0.15) is 11.7 Å². The summed E-state index contributed by atoms with van der Waals surface area (Å²) in [5.74, 6) is 0. The summed E-state index contributed by atoms with van der Waals surface area (Å²) in [6.07, 6.45) is 2.97. The number of aliphatic hydroxyl groups is 1. The van der Waals surface area contributed by atoms with Crippen molar-refractivity contribution in [1.29, 1.82) is 0 Å². The zero-order chi connectivity index (χ0) is 11.8. The van der Waals surface area contributed by atoms with Gasteiger partial charge in [0.15, 0.2) is 0 Å². The van der Waals surface area contributed by atoms with E-state index in [0.717, 1.165) is 27.4 Å². The van der Waals surface area contributed by atoms with Gasteiger partial charge in [-0.25, -0.2) is 0 Å². The van der Waals surface area contributed by atoms with Crippen LogP contribution in [-0.2, 0) is 0 Å². The van der Waals surface area contributed by atoms with Crippen LogP contribution in [-0.4, -0.2) is 21.6 Å². The van der Waals surface area contributed by atoms with E-state index in [1.54, 1.807) is 6.20 Å². The highest BCUT2D eigenvalue weighted by molar-refractivity contribution is 6.06. The monoisotopic (exact) mass is 227 g/mol. The lowest BCUT2D eigenvalue weighted by atomic mass is 10.1. The van der Waals surface area contributed by atoms with E-state index in [-0.39, 0.29) is 6.54 Å². The molecule has 0 radical (unpaired) electrons. The Hall–Kier alpha value is -1.91. The Morgan fingerprint density at radius 3 is 2.88 bits per heavy atom. The summed E-state index contributed by atoms with van der Waals surface area (Å²) in [7, 11) is 0. The van der Waals surface area contributed by atoms with Crippen molar-refractivity contribution in [3.8, 4) is 0 Å². The Morgan fingerprint density at radius 2 is 2.06 bits per heavy atom. The van der Waals surface area contributed by atoms with Crippen LogP contribution in [0.25, 0.3) is 21.8 Å². The van der Waals surface area contributed by atoms with E-state index in [1.807, 2.05) is 30.5 Å². The predicted octanol–water partition coefficient (Wildman–Crippen LogP) is 1.71. The number of nitrogens with zero attached hydrogens (tertiary/aromatic N) is 1. The number of nitrogens with one attached hydrogen (secondary N) is 1. The standard InChI is InChI=1S/C13H13N3O/c14-6-13(17)8-1-2-11-9(5-8)10-7-15-4-3-12(10)16-11/h1-5,7,13,16-17H,6,14H2. The van der Waals surface area contributed by atoms with Crippen molar-refractivity contribution in [2.24, 2.45) is 5.73 Å². The lowest BCUT2D eigenvalue weighted by Gasteiger charge is -2.07. The molecule has 0 aliphatic heterocycles. The van der Waals surface area contributed by atoms with Gasteiger partial charge in [0.1, 0.15) is 0 Å². The first-order valence-electron chi connectivity index (χ1n) is 5.53. The highest BCUT2D eigenvalue weighted by Crippen LogP contribution is 2.27. The second-order valence-corrected chi connectivity index (χ2v) is 4.10. The number of benzene rings is 1. The minimum atomic E-state index is -0.610. The van der Waals surface area contributed by atoms with Crippen LogP contribution in [0.4, 0.5) is 0 Å². The molecular formula is C13H13N3O. The van der Waals surface area contributed by atoms with Crippen LogP contribution in [0.15, 0.2) is 36.7 Å². The van der Waals surface area contributed by atoms with E-state index in [9.17, 15) is 5.11 Å². The number of nitrogens with two attached hydrogens (primary N) is 1. The van der Waals surface area contributed by atoms with Crippen LogP contribution < -0.4 is 5.73 Å². The van der Waals surface area contributed by atoms with Crippen molar-refractivity contribution in [2.75, 3.05) is 6.54 Å². The summed E-state index contributed by atoms with van der Waals surface area (Å²) in [5.41, 5.74) is 8.40. The molecule has 3 aromatic rings. The molecule has 0 saturated heterocycles. The van der Waals surface area contributed by atoms with Gasteiger partial charge in [0.25, 0.3) is 0 Å². The first-order chi connectivity index (χ1) is 8.29. The second kappa shape index (κ2) is 3.84. The van der Waals surface area contributed by atoms with Crippen molar-refractivity contribution in [3.63, 3.8) is 0 Å². The number of hydrogen-bond donors (Lipinski definition) is 3. The van der Waals surface area contributed by atoms with Gasteiger partial charge in [0.05, 0.1) is 6.10 Å². The van der Waals surface area contributed by atoms with Crippen molar-refractivity contribution in [2.45, 2.75) is 6.10 Å². The smallest absolute Gasteiger partial charge is 0.0912 e. The number of pyridine rings is 1. The van der Waals surface area contributed by atoms with E-state index < -0.39 is 6.10 Å². The lowest BCUT2D eigenvalue weighted by Crippen LogP contribution is -2.11. The van der Waals surface area contributed by atoms with E-state index in [2.05, 4.69) is 9.97 Å². The predicted molar refractivity (Wildman–Crippen MR) is 67.6 cm³/mol.